The van der Waals surface area contributed by atoms with Crippen LogP contribution >= 0.6 is 11.3 Å². The standard InChI is InChI=1S/C22H22F2N2O4S/c1-4-28-18-9-13(10-19(29-5-2)20(18)30-6-3)21(27)26-22-25-17(12-31-22)15-8-7-14(23)11-16(15)24/h7-12H,4-6H2,1-3H3,(H,25,26,27). The molecule has 1 amide bonds. The predicted molar refractivity (Wildman–Crippen MR) is 115 cm³/mol. The molecule has 1 aromatic heterocycles. The Labute approximate surface area is 182 Å². The predicted octanol–water partition coefficient (Wildman–Crippen LogP) is 5.54. The van der Waals surface area contributed by atoms with E-state index < -0.39 is 17.5 Å². The van der Waals surface area contributed by atoms with E-state index >= 15 is 0 Å². The summed E-state index contributed by atoms with van der Waals surface area (Å²) in [5, 5.41) is 4.55. The van der Waals surface area contributed by atoms with Crippen LogP contribution in [0.2, 0.25) is 0 Å². The average molecular weight is 448 g/mol. The molecule has 6 nitrogen and oxygen atoms in total. The Morgan fingerprint density at radius 1 is 1.00 bits per heavy atom. The Bertz CT molecular complexity index is 1040. The number of anilines is 1. The maximum Gasteiger partial charge on any atom is 0.257 e. The second kappa shape index (κ2) is 10.2. The molecule has 0 aliphatic heterocycles. The summed E-state index contributed by atoms with van der Waals surface area (Å²) in [7, 11) is 0. The van der Waals surface area contributed by atoms with Gasteiger partial charge in [-0.25, -0.2) is 13.8 Å². The van der Waals surface area contributed by atoms with E-state index in [-0.39, 0.29) is 10.7 Å². The number of carbonyl (C=O) groups is 1. The molecule has 0 fully saturated rings. The van der Waals surface area contributed by atoms with E-state index in [1.54, 1.807) is 17.5 Å². The van der Waals surface area contributed by atoms with Crippen LogP contribution in [0.15, 0.2) is 35.7 Å². The van der Waals surface area contributed by atoms with E-state index in [4.69, 9.17) is 14.2 Å². The molecular formula is C22H22F2N2O4S. The monoisotopic (exact) mass is 448 g/mol. The first-order valence-electron chi connectivity index (χ1n) is 9.75. The van der Waals surface area contributed by atoms with Crippen molar-refractivity contribution in [2.24, 2.45) is 0 Å². The van der Waals surface area contributed by atoms with Crippen LogP contribution in [0.1, 0.15) is 31.1 Å². The minimum Gasteiger partial charge on any atom is -0.490 e. The highest BCUT2D eigenvalue weighted by atomic mass is 32.1. The van der Waals surface area contributed by atoms with Gasteiger partial charge in [-0.15, -0.1) is 11.3 Å². The quantitative estimate of drug-likeness (QED) is 0.466. The first-order valence-corrected chi connectivity index (χ1v) is 10.6. The van der Waals surface area contributed by atoms with Crippen molar-refractivity contribution >= 4 is 22.4 Å². The Hall–Kier alpha value is -3.20. The molecule has 1 N–H and O–H groups in total. The van der Waals surface area contributed by atoms with Crippen molar-refractivity contribution < 1.29 is 27.8 Å². The third-order valence-corrected chi connectivity index (χ3v) is 4.86. The Morgan fingerprint density at radius 3 is 2.23 bits per heavy atom. The van der Waals surface area contributed by atoms with Gasteiger partial charge < -0.3 is 14.2 Å². The van der Waals surface area contributed by atoms with Crippen molar-refractivity contribution in [3.05, 3.63) is 52.9 Å². The van der Waals surface area contributed by atoms with E-state index in [0.29, 0.717) is 48.3 Å². The highest BCUT2D eigenvalue weighted by Gasteiger charge is 2.19. The summed E-state index contributed by atoms with van der Waals surface area (Å²) in [5.74, 6) is -0.605. The van der Waals surface area contributed by atoms with Crippen molar-refractivity contribution in [1.82, 2.24) is 4.98 Å². The van der Waals surface area contributed by atoms with Crippen LogP contribution in [0.25, 0.3) is 11.3 Å². The largest absolute Gasteiger partial charge is 0.490 e. The zero-order valence-electron chi connectivity index (χ0n) is 17.3. The molecule has 1 heterocycles. The maximum absolute atomic E-state index is 14.0. The highest BCUT2D eigenvalue weighted by molar-refractivity contribution is 7.14. The molecule has 0 aliphatic rings. The first-order chi connectivity index (χ1) is 15.0. The third kappa shape index (κ3) is 5.29. The van der Waals surface area contributed by atoms with E-state index in [2.05, 4.69) is 10.3 Å². The van der Waals surface area contributed by atoms with Crippen LogP contribution in [-0.2, 0) is 0 Å². The molecule has 3 rings (SSSR count). The zero-order chi connectivity index (χ0) is 22.4. The van der Waals surface area contributed by atoms with Crippen LogP contribution in [0.5, 0.6) is 17.2 Å². The van der Waals surface area contributed by atoms with Gasteiger partial charge in [-0.1, -0.05) is 0 Å². The third-order valence-electron chi connectivity index (χ3n) is 4.10. The van der Waals surface area contributed by atoms with Gasteiger partial charge in [0.2, 0.25) is 5.75 Å². The molecule has 0 saturated carbocycles. The van der Waals surface area contributed by atoms with Crippen molar-refractivity contribution in [2.45, 2.75) is 20.8 Å². The normalized spacial score (nSPS) is 10.6. The van der Waals surface area contributed by atoms with E-state index in [0.717, 1.165) is 23.5 Å². The lowest BCUT2D eigenvalue weighted by atomic mass is 10.1. The summed E-state index contributed by atoms with van der Waals surface area (Å²) < 4.78 is 44.0. The number of nitrogens with zero attached hydrogens (tertiary/aromatic N) is 1. The minimum absolute atomic E-state index is 0.150. The molecule has 164 valence electrons. The lowest BCUT2D eigenvalue weighted by molar-refractivity contribution is 0.102. The van der Waals surface area contributed by atoms with Crippen LogP contribution in [-0.4, -0.2) is 30.7 Å². The smallest absolute Gasteiger partial charge is 0.257 e. The van der Waals surface area contributed by atoms with Gasteiger partial charge >= 0.3 is 0 Å². The number of hydrogen-bond acceptors (Lipinski definition) is 6. The maximum atomic E-state index is 14.0. The van der Waals surface area contributed by atoms with Gasteiger partial charge in [0.15, 0.2) is 16.6 Å². The highest BCUT2D eigenvalue weighted by Crippen LogP contribution is 2.39. The molecule has 3 aromatic rings. The molecule has 9 heteroatoms. The molecule has 31 heavy (non-hydrogen) atoms. The number of benzene rings is 2. The SMILES string of the molecule is CCOc1cc(C(=O)Nc2nc(-c3ccc(F)cc3F)cs2)cc(OCC)c1OCC. The number of halogens is 2. The molecule has 0 radical (unpaired) electrons. The van der Waals surface area contributed by atoms with Gasteiger partial charge in [-0.2, -0.15) is 0 Å². The van der Waals surface area contributed by atoms with Gasteiger partial charge in [0.05, 0.1) is 25.5 Å². The molecule has 0 spiro atoms. The summed E-state index contributed by atoms with van der Waals surface area (Å²) in [6.45, 7) is 6.68. The minimum atomic E-state index is -0.725. The van der Waals surface area contributed by atoms with Crippen molar-refractivity contribution in [2.75, 3.05) is 25.1 Å². The van der Waals surface area contributed by atoms with Crippen LogP contribution in [0.4, 0.5) is 13.9 Å². The van der Waals surface area contributed by atoms with Crippen LogP contribution in [0.3, 0.4) is 0 Å². The second-order valence-corrected chi connectivity index (χ2v) is 7.07. The summed E-state index contributed by atoms with van der Waals surface area (Å²) >= 11 is 1.13. The Kier molecular flexibility index (Phi) is 7.41. The fourth-order valence-electron chi connectivity index (χ4n) is 2.84. The van der Waals surface area contributed by atoms with Crippen molar-refractivity contribution in [1.29, 1.82) is 0 Å². The van der Waals surface area contributed by atoms with E-state index in [1.165, 1.54) is 6.07 Å². The van der Waals surface area contributed by atoms with Gasteiger partial charge in [-0.05, 0) is 45.0 Å². The first kappa shape index (κ1) is 22.5. The van der Waals surface area contributed by atoms with Crippen molar-refractivity contribution in [3.8, 4) is 28.5 Å². The summed E-state index contributed by atoms with van der Waals surface area (Å²) in [5.41, 5.74) is 0.742. The number of ether oxygens (including phenoxy) is 3. The Morgan fingerprint density at radius 2 is 1.65 bits per heavy atom. The molecule has 0 atom stereocenters. The topological polar surface area (TPSA) is 69.7 Å². The summed E-state index contributed by atoms with van der Waals surface area (Å²) in [6, 6.07) is 6.39. The van der Waals surface area contributed by atoms with Crippen LogP contribution < -0.4 is 19.5 Å². The average Bonchev–Trinajstić information content (AvgIpc) is 3.18. The number of nitrogens with one attached hydrogen (secondary N) is 1. The van der Waals surface area contributed by atoms with Gasteiger partial charge in [0, 0.05) is 22.6 Å². The van der Waals surface area contributed by atoms with E-state index in [1.807, 2.05) is 20.8 Å². The fourth-order valence-corrected chi connectivity index (χ4v) is 3.55. The van der Waals surface area contributed by atoms with Gasteiger partial charge in [0.1, 0.15) is 11.6 Å². The molecule has 0 bridgehead atoms. The number of aromatic nitrogens is 1. The number of amides is 1. The van der Waals surface area contributed by atoms with Crippen LogP contribution in [0, 0.1) is 11.6 Å². The van der Waals surface area contributed by atoms with Crippen molar-refractivity contribution in [3.63, 3.8) is 0 Å². The molecule has 2 aromatic carbocycles. The number of rotatable bonds is 9. The molecule has 0 aliphatic carbocycles. The lowest BCUT2D eigenvalue weighted by Gasteiger charge is -2.16. The lowest BCUT2D eigenvalue weighted by Crippen LogP contribution is -2.13. The van der Waals surface area contributed by atoms with E-state index in [9.17, 15) is 13.6 Å². The second-order valence-electron chi connectivity index (χ2n) is 6.22. The zero-order valence-corrected chi connectivity index (χ0v) is 18.1. The molecule has 0 unspecified atom stereocenters. The molecule has 0 saturated heterocycles. The van der Waals surface area contributed by atoms with Gasteiger partial charge in [-0.3, -0.25) is 10.1 Å². The number of thiazole rings is 1. The number of hydrogen-bond donors (Lipinski definition) is 1. The van der Waals surface area contributed by atoms with Gasteiger partial charge in [0.25, 0.3) is 5.91 Å². The Balaban J connectivity index is 1.87. The molecular weight excluding hydrogens is 426 g/mol. The number of carbonyl (C=O) groups excluding carboxylic acids is 1. The summed E-state index contributed by atoms with van der Waals surface area (Å²) in [6.07, 6.45) is 0. The fraction of sp³-hybridized carbons (Fsp3) is 0.273. The summed E-state index contributed by atoms with van der Waals surface area (Å²) in [4.78, 5) is 17.1.